The van der Waals surface area contributed by atoms with Crippen molar-refractivity contribution in [1.29, 1.82) is 0 Å². The van der Waals surface area contributed by atoms with Crippen LogP contribution in [-0.4, -0.2) is 12.3 Å². The smallest absolute Gasteiger partial charge is 0.132 e. The minimum Gasteiger partial charge on any atom is -0.330 e. The fourth-order valence-electron chi connectivity index (χ4n) is 1.69. The second-order valence-corrected chi connectivity index (χ2v) is 4.30. The van der Waals surface area contributed by atoms with Crippen LogP contribution < -0.4 is 5.73 Å². The molecule has 2 N–H and O–H groups in total. The summed E-state index contributed by atoms with van der Waals surface area (Å²) in [5, 5.41) is 0. The summed E-state index contributed by atoms with van der Waals surface area (Å²) in [6.45, 7) is 3.03. The molecule has 2 heteroatoms. The van der Waals surface area contributed by atoms with Crippen molar-refractivity contribution < 1.29 is 4.79 Å². The van der Waals surface area contributed by atoms with Crippen LogP contribution in [0.4, 0.5) is 0 Å². The molecule has 0 aromatic rings. The first-order valence-corrected chi connectivity index (χ1v) is 6.53. The van der Waals surface area contributed by atoms with Crippen molar-refractivity contribution >= 4 is 5.78 Å². The third-order valence-electron chi connectivity index (χ3n) is 2.72. The third-order valence-corrected chi connectivity index (χ3v) is 2.72. The van der Waals surface area contributed by atoms with Crippen LogP contribution in [0.25, 0.3) is 0 Å². The highest BCUT2D eigenvalue weighted by Crippen LogP contribution is 2.13. The lowest BCUT2D eigenvalue weighted by molar-refractivity contribution is -0.119. The van der Waals surface area contributed by atoms with E-state index in [1.54, 1.807) is 0 Å². The van der Waals surface area contributed by atoms with Crippen molar-refractivity contribution in [3.05, 3.63) is 0 Å². The van der Waals surface area contributed by atoms with Crippen LogP contribution in [0.15, 0.2) is 0 Å². The molecule has 1 aliphatic rings. The number of Topliss-reactive ketones (excluding diaryl/α,β-unsaturated/α-hetero) is 1. The number of hydrogen-bond donors (Lipinski definition) is 1. The summed E-state index contributed by atoms with van der Waals surface area (Å²) < 4.78 is 0. The zero-order valence-corrected chi connectivity index (χ0v) is 10.3. The molecule has 0 unspecified atom stereocenters. The zero-order chi connectivity index (χ0) is 11.4. The molecule has 2 nitrogen and oxygen atoms in total. The Labute approximate surface area is 94.6 Å². The molecule has 90 valence electrons. The van der Waals surface area contributed by atoms with Crippen molar-refractivity contribution in [2.45, 2.75) is 71.1 Å². The molecule has 1 saturated carbocycles. The van der Waals surface area contributed by atoms with Gasteiger partial charge in [-0.15, -0.1) is 0 Å². The highest BCUT2D eigenvalue weighted by Gasteiger charge is 2.04. The second kappa shape index (κ2) is 11.7. The first kappa shape index (κ1) is 14.6. The largest absolute Gasteiger partial charge is 0.330 e. The van der Waals surface area contributed by atoms with Gasteiger partial charge in [0.05, 0.1) is 0 Å². The summed E-state index contributed by atoms with van der Waals surface area (Å²) >= 11 is 0. The molecule has 0 spiro atoms. The summed E-state index contributed by atoms with van der Waals surface area (Å²) in [7, 11) is 0. The Morgan fingerprint density at radius 3 is 1.93 bits per heavy atom. The Morgan fingerprint density at radius 2 is 1.53 bits per heavy atom. The molecule has 1 fully saturated rings. The molecule has 0 radical (unpaired) electrons. The standard InChI is InChI=1S/C8H14O.C5H13N/c9-8-6-4-2-1-3-5-7-8;1-2-3-4-5-6/h1-7H2;2-6H2,1H3. The molecule has 0 aromatic carbocycles. The second-order valence-electron chi connectivity index (χ2n) is 4.30. The molecule has 0 atom stereocenters. The Bertz CT molecular complexity index is 131. The first-order chi connectivity index (χ1) is 7.31. The lowest BCUT2D eigenvalue weighted by Crippen LogP contribution is -2.00. The Kier molecular flexibility index (Phi) is 11.4. The lowest BCUT2D eigenvalue weighted by atomic mass is 10.0. The summed E-state index contributed by atoms with van der Waals surface area (Å²) in [5.74, 6) is 0.481. The Hall–Kier alpha value is -0.370. The maximum atomic E-state index is 10.8. The average molecular weight is 213 g/mol. The van der Waals surface area contributed by atoms with Crippen LogP contribution in [-0.2, 0) is 4.79 Å². The molecule has 0 heterocycles. The van der Waals surface area contributed by atoms with Gasteiger partial charge in [0.25, 0.3) is 0 Å². The molecule has 15 heavy (non-hydrogen) atoms. The van der Waals surface area contributed by atoms with E-state index < -0.39 is 0 Å². The monoisotopic (exact) mass is 213 g/mol. The van der Waals surface area contributed by atoms with Gasteiger partial charge >= 0.3 is 0 Å². The van der Waals surface area contributed by atoms with Gasteiger partial charge in [-0.2, -0.15) is 0 Å². The van der Waals surface area contributed by atoms with E-state index >= 15 is 0 Å². The van der Waals surface area contributed by atoms with Crippen molar-refractivity contribution in [3.8, 4) is 0 Å². The third kappa shape index (κ3) is 11.6. The first-order valence-electron chi connectivity index (χ1n) is 6.53. The minimum absolute atomic E-state index is 0.481. The maximum absolute atomic E-state index is 10.8. The van der Waals surface area contributed by atoms with Crippen molar-refractivity contribution in [3.63, 3.8) is 0 Å². The molecule has 1 aliphatic carbocycles. The topological polar surface area (TPSA) is 43.1 Å². The normalized spacial score (nSPS) is 17.3. The van der Waals surface area contributed by atoms with Gasteiger partial charge in [0, 0.05) is 12.8 Å². The summed E-state index contributed by atoms with van der Waals surface area (Å²) in [6, 6.07) is 0. The van der Waals surface area contributed by atoms with Crippen molar-refractivity contribution in [2.75, 3.05) is 6.54 Å². The highest BCUT2D eigenvalue weighted by atomic mass is 16.1. The number of ketones is 1. The molecule has 1 rings (SSSR count). The van der Waals surface area contributed by atoms with E-state index in [0.29, 0.717) is 5.78 Å². The van der Waals surface area contributed by atoms with Crippen molar-refractivity contribution in [1.82, 2.24) is 0 Å². The highest BCUT2D eigenvalue weighted by molar-refractivity contribution is 5.78. The van der Waals surface area contributed by atoms with Gasteiger partial charge in [-0.05, 0) is 25.8 Å². The molecule has 0 aliphatic heterocycles. The van der Waals surface area contributed by atoms with Gasteiger partial charge in [-0.1, -0.05) is 39.0 Å². The summed E-state index contributed by atoms with van der Waals surface area (Å²) in [5.41, 5.74) is 5.21. The number of unbranched alkanes of at least 4 members (excludes halogenated alkanes) is 2. The number of hydrogen-bond acceptors (Lipinski definition) is 2. The fourth-order valence-corrected chi connectivity index (χ4v) is 1.69. The van der Waals surface area contributed by atoms with E-state index in [9.17, 15) is 4.79 Å². The van der Waals surface area contributed by atoms with Gasteiger partial charge < -0.3 is 5.73 Å². The van der Waals surface area contributed by atoms with Crippen LogP contribution >= 0.6 is 0 Å². The minimum atomic E-state index is 0.481. The fraction of sp³-hybridized carbons (Fsp3) is 0.923. The Morgan fingerprint density at radius 1 is 1.00 bits per heavy atom. The molecule has 0 saturated heterocycles. The van der Waals surface area contributed by atoms with E-state index in [2.05, 4.69) is 6.92 Å². The average Bonchev–Trinajstić information content (AvgIpc) is 2.21. The van der Waals surface area contributed by atoms with Crippen LogP contribution in [0.5, 0.6) is 0 Å². The van der Waals surface area contributed by atoms with Crippen LogP contribution in [0.3, 0.4) is 0 Å². The van der Waals surface area contributed by atoms with E-state index in [4.69, 9.17) is 5.73 Å². The van der Waals surface area contributed by atoms with Crippen LogP contribution in [0, 0.1) is 0 Å². The molecular weight excluding hydrogens is 186 g/mol. The van der Waals surface area contributed by atoms with Gasteiger partial charge in [0.2, 0.25) is 0 Å². The van der Waals surface area contributed by atoms with Gasteiger partial charge in [-0.3, -0.25) is 4.79 Å². The van der Waals surface area contributed by atoms with Crippen molar-refractivity contribution in [2.24, 2.45) is 5.73 Å². The van der Waals surface area contributed by atoms with E-state index in [1.807, 2.05) is 0 Å². The SMILES string of the molecule is CCCCCN.O=C1CCCCCCC1. The van der Waals surface area contributed by atoms with E-state index in [0.717, 1.165) is 32.2 Å². The quantitative estimate of drug-likeness (QED) is 0.730. The van der Waals surface area contributed by atoms with Gasteiger partial charge in [-0.25, -0.2) is 0 Å². The maximum Gasteiger partial charge on any atom is 0.132 e. The van der Waals surface area contributed by atoms with Crippen LogP contribution in [0.2, 0.25) is 0 Å². The van der Waals surface area contributed by atoms with Gasteiger partial charge in [0.15, 0.2) is 0 Å². The van der Waals surface area contributed by atoms with E-state index in [1.165, 1.54) is 38.5 Å². The number of carbonyl (C=O) groups is 1. The molecule has 0 bridgehead atoms. The number of nitrogens with two attached hydrogens (primary N) is 1. The van der Waals surface area contributed by atoms with E-state index in [-0.39, 0.29) is 0 Å². The zero-order valence-electron chi connectivity index (χ0n) is 10.3. The predicted octanol–water partition coefficient (Wildman–Crippen LogP) is 3.44. The summed E-state index contributed by atoms with van der Waals surface area (Å²) in [6.07, 6.45) is 11.6. The predicted molar refractivity (Wildman–Crippen MR) is 65.9 cm³/mol. The number of rotatable bonds is 3. The molecular formula is C13H27NO. The molecule has 0 amide bonds. The lowest BCUT2D eigenvalue weighted by Gasteiger charge is -2.05. The van der Waals surface area contributed by atoms with Crippen LogP contribution in [0.1, 0.15) is 71.1 Å². The Balaban J connectivity index is 0.000000288. The molecule has 0 aromatic heterocycles. The van der Waals surface area contributed by atoms with Gasteiger partial charge in [0.1, 0.15) is 5.78 Å². The summed E-state index contributed by atoms with van der Waals surface area (Å²) in [4.78, 5) is 10.8. The number of carbonyl (C=O) groups excluding carboxylic acids is 1.